The Morgan fingerprint density at radius 1 is 1.46 bits per heavy atom. The largest absolute Gasteiger partial charge is 1.00 e. The minimum Gasteiger partial charge on any atom is -1.00 e. The zero-order valence-corrected chi connectivity index (χ0v) is 10.0. The van der Waals surface area contributed by atoms with E-state index in [1.807, 2.05) is 6.92 Å². The molecule has 13 heavy (non-hydrogen) atoms. The minimum absolute atomic E-state index is 0. The van der Waals surface area contributed by atoms with Crippen molar-refractivity contribution in [2.24, 2.45) is 0 Å². The van der Waals surface area contributed by atoms with Gasteiger partial charge in [-0.15, -0.1) is 0 Å². The van der Waals surface area contributed by atoms with Crippen molar-refractivity contribution in [3.63, 3.8) is 0 Å². The molecule has 0 aliphatic carbocycles. The number of hydrogen-bond acceptors (Lipinski definition) is 3. The van der Waals surface area contributed by atoms with Gasteiger partial charge in [-0.2, -0.15) is 0 Å². The summed E-state index contributed by atoms with van der Waals surface area (Å²) < 4.78 is 0. The third-order valence-electron chi connectivity index (χ3n) is 1.20. The summed E-state index contributed by atoms with van der Waals surface area (Å²) in [7, 11) is 0. The summed E-state index contributed by atoms with van der Waals surface area (Å²) in [5, 5.41) is 2.80. The van der Waals surface area contributed by atoms with Crippen LogP contribution in [0.3, 0.4) is 0 Å². The Morgan fingerprint density at radius 2 is 2.08 bits per heavy atom. The van der Waals surface area contributed by atoms with Gasteiger partial charge in [-0.05, 0) is 0 Å². The van der Waals surface area contributed by atoms with E-state index in [9.17, 15) is 9.59 Å². The van der Waals surface area contributed by atoms with Crippen LogP contribution in [0.1, 0.15) is 13.3 Å². The minimum atomic E-state index is -0.0699. The summed E-state index contributed by atoms with van der Waals surface area (Å²) in [4.78, 5) is 21.4. The van der Waals surface area contributed by atoms with E-state index in [-0.39, 0.29) is 34.5 Å². The van der Waals surface area contributed by atoms with Crippen LogP contribution in [-0.4, -0.2) is 29.9 Å². The van der Waals surface area contributed by atoms with Gasteiger partial charge in [0, 0.05) is 18.7 Å². The molecular formula is C7H15BrN2O2S. The maximum absolute atomic E-state index is 10.8. The van der Waals surface area contributed by atoms with Crippen molar-refractivity contribution in [3.05, 3.63) is 0 Å². The second kappa shape index (κ2) is 10.0. The maximum Gasteiger partial charge on any atom is 0.275 e. The standard InChI is InChI=1S/C7H14N2O2S.BrH/c1-2-7(11)12-4-3-9-6(10)5-8;/h2-5,8H2,1H3,(H,9,10);1H. The monoisotopic (exact) mass is 270 g/mol. The van der Waals surface area contributed by atoms with Crippen molar-refractivity contribution >= 4 is 22.8 Å². The molecule has 0 aliphatic rings. The molecule has 0 bridgehead atoms. The lowest BCUT2D eigenvalue weighted by molar-refractivity contribution is -0.355. The van der Waals surface area contributed by atoms with Crippen molar-refractivity contribution in [2.45, 2.75) is 13.3 Å². The Kier molecular flexibility index (Phi) is 11.9. The average molecular weight is 271 g/mol. The number of amides is 1. The number of hydrogen-bond donors (Lipinski definition) is 2. The Hall–Kier alpha value is -0.0700. The fourth-order valence-corrected chi connectivity index (χ4v) is 1.18. The lowest BCUT2D eigenvalue weighted by atomic mass is 10.6. The Labute approximate surface area is 92.8 Å². The fraction of sp³-hybridized carbons (Fsp3) is 0.714. The van der Waals surface area contributed by atoms with Crippen LogP contribution in [0.15, 0.2) is 0 Å². The molecule has 4 N–H and O–H groups in total. The summed E-state index contributed by atoms with van der Waals surface area (Å²) in [5.74, 6) is 0.581. The molecule has 0 radical (unpaired) electrons. The van der Waals surface area contributed by atoms with Gasteiger partial charge in [0.1, 0.15) is 0 Å². The number of carbonyl (C=O) groups excluding carboxylic acids is 2. The second-order valence-corrected chi connectivity index (χ2v) is 3.33. The molecule has 0 saturated carbocycles. The van der Waals surface area contributed by atoms with Crippen LogP contribution in [0.5, 0.6) is 0 Å². The third kappa shape index (κ3) is 9.85. The summed E-state index contributed by atoms with van der Waals surface area (Å²) in [6.07, 6.45) is 0.550. The first-order chi connectivity index (χ1) is 5.70. The van der Waals surface area contributed by atoms with E-state index >= 15 is 0 Å². The van der Waals surface area contributed by atoms with Gasteiger partial charge >= 0.3 is 0 Å². The predicted molar refractivity (Wildman–Crippen MR) is 48.5 cm³/mol. The molecule has 0 aromatic rings. The van der Waals surface area contributed by atoms with Crippen LogP contribution in [0, 0.1) is 0 Å². The van der Waals surface area contributed by atoms with Crippen molar-refractivity contribution in [1.82, 2.24) is 5.32 Å². The molecule has 0 heterocycles. The normalized spacial score (nSPS) is 8.77. The summed E-state index contributed by atoms with van der Waals surface area (Å²) in [5.41, 5.74) is 3.43. The SMILES string of the molecule is CCC(=O)SCCNC(=O)C[NH3+].[Br-]. The van der Waals surface area contributed by atoms with Gasteiger partial charge in [-0.25, -0.2) is 0 Å². The van der Waals surface area contributed by atoms with E-state index in [1.54, 1.807) is 0 Å². The van der Waals surface area contributed by atoms with Gasteiger partial charge in [0.15, 0.2) is 11.7 Å². The smallest absolute Gasteiger partial charge is 0.275 e. The number of halogens is 1. The van der Waals surface area contributed by atoms with Crippen LogP contribution in [0.4, 0.5) is 0 Å². The van der Waals surface area contributed by atoms with Crippen LogP contribution in [0.25, 0.3) is 0 Å². The number of carbonyl (C=O) groups is 2. The van der Waals surface area contributed by atoms with Crippen LogP contribution < -0.4 is 28.0 Å². The number of quaternary nitrogens is 1. The van der Waals surface area contributed by atoms with Gasteiger partial charge in [-0.1, -0.05) is 18.7 Å². The third-order valence-corrected chi connectivity index (χ3v) is 2.22. The van der Waals surface area contributed by atoms with Crippen molar-refractivity contribution in [1.29, 1.82) is 0 Å². The summed E-state index contributed by atoms with van der Waals surface area (Å²) >= 11 is 1.25. The van der Waals surface area contributed by atoms with Gasteiger partial charge in [0.05, 0.1) is 0 Å². The lowest BCUT2D eigenvalue weighted by Gasteiger charge is -2.00. The van der Waals surface area contributed by atoms with E-state index in [0.29, 0.717) is 18.7 Å². The molecule has 1 amide bonds. The Bertz CT molecular complexity index is 149. The van der Waals surface area contributed by atoms with Gasteiger partial charge in [-0.3, -0.25) is 9.59 Å². The summed E-state index contributed by atoms with van der Waals surface area (Å²) in [6.45, 7) is 2.63. The van der Waals surface area contributed by atoms with E-state index in [2.05, 4.69) is 11.1 Å². The molecule has 0 rings (SSSR count). The highest BCUT2D eigenvalue weighted by Gasteiger charge is 2.00. The molecule has 0 atom stereocenters. The van der Waals surface area contributed by atoms with Crippen LogP contribution in [0.2, 0.25) is 0 Å². The molecule has 0 aliphatic heterocycles. The molecule has 4 nitrogen and oxygen atoms in total. The van der Waals surface area contributed by atoms with Gasteiger partial charge in [0.2, 0.25) is 0 Å². The Balaban J connectivity index is 0. The van der Waals surface area contributed by atoms with Crippen LogP contribution >= 0.6 is 11.8 Å². The first-order valence-corrected chi connectivity index (χ1v) is 4.90. The number of rotatable bonds is 5. The Morgan fingerprint density at radius 3 is 2.54 bits per heavy atom. The van der Waals surface area contributed by atoms with E-state index in [4.69, 9.17) is 0 Å². The lowest BCUT2D eigenvalue weighted by Crippen LogP contribution is -3.00. The van der Waals surface area contributed by atoms with Crippen LogP contribution in [-0.2, 0) is 9.59 Å². The topological polar surface area (TPSA) is 73.8 Å². The second-order valence-electron chi connectivity index (χ2n) is 2.17. The molecule has 0 aromatic carbocycles. The van der Waals surface area contributed by atoms with E-state index in [1.165, 1.54) is 11.8 Å². The molecule has 0 spiro atoms. The highest BCUT2D eigenvalue weighted by Crippen LogP contribution is 2.02. The highest BCUT2D eigenvalue weighted by atomic mass is 79.9. The molecule has 0 fully saturated rings. The predicted octanol–water partition coefficient (Wildman–Crippen LogP) is -3.98. The number of thioether (sulfide) groups is 1. The van der Waals surface area contributed by atoms with E-state index < -0.39 is 0 Å². The van der Waals surface area contributed by atoms with Crippen molar-refractivity contribution in [2.75, 3.05) is 18.8 Å². The summed E-state index contributed by atoms with van der Waals surface area (Å²) in [6, 6.07) is 0. The molecule has 0 saturated heterocycles. The first-order valence-electron chi connectivity index (χ1n) is 3.92. The molecular weight excluding hydrogens is 256 g/mol. The van der Waals surface area contributed by atoms with E-state index in [0.717, 1.165) is 0 Å². The molecule has 6 heteroatoms. The van der Waals surface area contributed by atoms with Gasteiger partial charge < -0.3 is 28.0 Å². The maximum atomic E-state index is 10.8. The molecule has 0 unspecified atom stereocenters. The fourth-order valence-electron chi connectivity index (χ4n) is 0.546. The number of nitrogens with one attached hydrogen (secondary N) is 1. The molecule has 0 aromatic heterocycles. The molecule has 78 valence electrons. The highest BCUT2D eigenvalue weighted by molar-refractivity contribution is 8.13. The van der Waals surface area contributed by atoms with Crippen molar-refractivity contribution in [3.8, 4) is 0 Å². The first kappa shape index (κ1) is 15.4. The zero-order chi connectivity index (χ0) is 9.40. The van der Waals surface area contributed by atoms with Gasteiger partial charge in [0.25, 0.3) is 5.91 Å². The quantitative estimate of drug-likeness (QED) is 0.501. The average Bonchev–Trinajstić information content (AvgIpc) is 2.11. The zero-order valence-electron chi connectivity index (χ0n) is 7.64. The van der Waals surface area contributed by atoms with Crippen molar-refractivity contribution < 1.29 is 32.3 Å².